The number of pyridine rings is 1. The molecule has 2 aromatic carbocycles. The number of carbonyl (C=O) groups is 1. The number of benzene rings is 2. The third kappa shape index (κ3) is 8.01. The maximum Gasteiger partial charge on any atom is 0.246 e. The minimum atomic E-state index is -1.63. The quantitative estimate of drug-likeness (QED) is 0.388. The van der Waals surface area contributed by atoms with Crippen molar-refractivity contribution in [3.63, 3.8) is 0 Å². The fraction of sp³-hybridized carbons (Fsp3) is 0.154. The van der Waals surface area contributed by atoms with Gasteiger partial charge in [-0.05, 0) is 28.8 Å². The number of nitrogens with zero attached hydrogens (tertiary/aromatic N) is 1. The van der Waals surface area contributed by atoms with Crippen molar-refractivity contribution in [2.24, 2.45) is 0 Å². The van der Waals surface area contributed by atoms with E-state index >= 15 is 0 Å². The van der Waals surface area contributed by atoms with Crippen molar-refractivity contribution in [3.8, 4) is 0 Å². The summed E-state index contributed by atoms with van der Waals surface area (Å²) in [5, 5.41) is 13.5. The highest BCUT2D eigenvalue weighted by Crippen LogP contribution is 2.21. The highest BCUT2D eigenvalue weighted by atomic mass is 16.6. The zero-order valence-electron chi connectivity index (χ0n) is 17.2. The number of amides is 1. The largest absolute Gasteiger partial charge is 0.273 e. The minimum Gasteiger partial charge on any atom is -0.273 e. The first-order valence-corrected chi connectivity index (χ1v) is 10.1. The number of aromatic nitrogens is 1. The first-order chi connectivity index (χ1) is 15.1. The van der Waals surface area contributed by atoms with Gasteiger partial charge in [0.05, 0.1) is 13.0 Å². The Bertz CT molecular complexity index is 989. The van der Waals surface area contributed by atoms with Gasteiger partial charge in [0.15, 0.2) is 0 Å². The van der Waals surface area contributed by atoms with E-state index in [1.807, 2.05) is 72.8 Å². The Balaban J connectivity index is 1.58. The maximum absolute atomic E-state index is 13.5. The zero-order chi connectivity index (χ0) is 21.8. The Labute approximate surface area is 182 Å². The standard InChI is InChI=1S/C26H25N2O3/c29-25(28-31-18-8-14-22-9-3-1-4-10-22)20-26(30,19-24-13-7-17-27-21-24)16-15-23-11-5-2-6-12-23/h1-17,21H,18-20H2,(H,28,29). The second-order valence-corrected chi connectivity index (χ2v) is 7.17. The summed E-state index contributed by atoms with van der Waals surface area (Å²) >= 11 is 0. The summed E-state index contributed by atoms with van der Waals surface area (Å²) < 4.78 is 0. The van der Waals surface area contributed by atoms with E-state index in [4.69, 9.17) is 4.84 Å². The van der Waals surface area contributed by atoms with Crippen molar-refractivity contribution in [2.45, 2.75) is 18.4 Å². The van der Waals surface area contributed by atoms with Gasteiger partial charge in [0, 0.05) is 18.8 Å². The summed E-state index contributed by atoms with van der Waals surface area (Å²) in [6.45, 7) is 0.203. The summed E-state index contributed by atoms with van der Waals surface area (Å²) in [4.78, 5) is 21.7. The molecule has 0 saturated heterocycles. The predicted octanol–water partition coefficient (Wildman–Crippen LogP) is 4.66. The normalized spacial score (nSPS) is 13.3. The molecule has 0 fully saturated rings. The van der Waals surface area contributed by atoms with E-state index in [9.17, 15) is 9.90 Å². The lowest BCUT2D eigenvalue weighted by Crippen LogP contribution is -2.36. The maximum atomic E-state index is 13.5. The van der Waals surface area contributed by atoms with Gasteiger partial charge in [0.25, 0.3) is 0 Å². The summed E-state index contributed by atoms with van der Waals surface area (Å²) in [5.74, 6) is -0.468. The minimum absolute atomic E-state index is 0.144. The molecule has 0 saturated carbocycles. The fourth-order valence-electron chi connectivity index (χ4n) is 3.07. The third-order valence-electron chi connectivity index (χ3n) is 4.54. The second-order valence-electron chi connectivity index (χ2n) is 7.17. The lowest BCUT2D eigenvalue weighted by Gasteiger charge is -2.21. The lowest BCUT2D eigenvalue weighted by atomic mass is 9.90. The van der Waals surface area contributed by atoms with Gasteiger partial charge in [-0.2, -0.15) is 0 Å². The molecule has 31 heavy (non-hydrogen) atoms. The van der Waals surface area contributed by atoms with Gasteiger partial charge in [0.2, 0.25) is 5.91 Å². The van der Waals surface area contributed by atoms with Crippen molar-refractivity contribution in [2.75, 3.05) is 6.61 Å². The summed E-state index contributed by atoms with van der Waals surface area (Å²) in [7, 11) is 0. The van der Waals surface area contributed by atoms with Gasteiger partial charge in [-0.3, -0.25) is 14.6 Å². The summed E-state index contributed by atoms with van der Waals surface area (Å²) in [6.07, 6.45) is 10.2. The van der Waals surface area contributed by atoms with Gasteiger partial charge in [0.1, 0.15) is 5.60 Å². The molecule has 5 nitrogen and oxygen atoms in total. The van der Waals surface area contributed by atoms with E-state index in [0.29, 0.717) is 0 Å². The molecule has 1 amide bonds. The Kier molecular flexibility index (Phi) is 8.29. The SMILES string of the molecule is [O]C(C=Cc1ccccc1)(CC(=O)NOCC=Cc1ccccc1)Cc1cccnc1. The van der Waals surface area contributed by atoms with E-state index in [1.54, 1.807) is 36.7 Å². The fourth-order valence-corrected chi connectivity index (χ4v) is 3.07. The molecule has 0 spiro atoms. The molecule has 5 heteroatoms. The molecular weight excluding hydrogens is 388 g/mol. The molecule has 157 valence electrons. The number of hydrogen-bond donors (Lipinski definition) is 1. The van der Waals surface area contributed by atoms with Gasteiger partial charge < -0.3 is 0 Å². The molecule has 3 aromatic rings. The van der Waals surface area contributed by atoms with Gasteiger partial charge in [-0.1, -0.05) is 85.0 Å². The Morgan fingerprint density at radius 2 is 1.61 bits per heavy atom. The van der Waals surface area contributed by atoms with E-state index in [1.165, 1.54) is 0 Å². The molecule has 0 bridgehead atoms. The van der Waals surface area contributed by atoms with Crippen molar-refractivity contribution >= 4 is 18.1 Å². The number of hydrogen-bond acceptors (Lipinski definition) is 3. The molecule has 1 N–H and O–H groups in total. The predicted molar refractivity (Wildman–Crippen MR) is 121 cm³/mol. The average Bonchev–Trinajstić information content (AvgIpc) is 2.79. The van der Waals surface area contributed by atoms with Crippen LogP contribution in [0.15, 0.2) is 97.3 Å². The highest BCUT2D eigenvalue weighted by molar-refractivity contribution is 5.76. The Hall–Kier alpha value is -3.54. The van der Waals surface area contributed by atoms with Crippen LogP contribution in [0.25, 0.3) is 12.2 Å². The van der Waals surface area contributed by atoms with Crippen LogP contribution in [-0.4, -0.2) is 23.1 Å². The lowest BCUT2D eigenvalue weighted by molar-refractivity contribution is -0.138. The van der Waals surface area contributed by atoms with Gasteiger partial charge in [-0.15, -0.1) is 0 Å². The molecule has 1 unspecified atom stereocenters. The van der Waals surface area contributed by atoms with Crippen molar-refractivity contribution in [1.29, 1.82) is 0 Å². The monoisotopic (exact) mass is 413 g/mol. The first kappa shape index (κ1) is 22.2. The van der Waals surface area contributed by atoms with Crippen molar-refractivity contribution in [3.05, 3.63) is 114 Å². The van der Waals surface area contributed by atoms with Crippen LogP contribution in [0.1, 0.15) is 23.1 Å². The topological polar surface area (TPSA) is 71.1 Å². The third-order valence-corrected chi connectivity index (χ3v) is 4.54. The van der Waals surface area contributed by atoms with Crippen LogP contribution in [-0.2, 0) is 21.2 Å². The van der Waals surface area contributed by atoms with Crippen LogP contribution < -0.4 is 5.48 Å². The molecule has 1 aromatic heterocycles. The molecule has 0 aliphatic carbocycles. The molecule has 1 atom stereocenters. The second kappa shape index (κ2) is 11.6. The van der Waals surface area contributed by atoms with E-state index < -0.39 is 11.5 Å². The summed E-state index contributed by atoms with van der Waals surface area (Å²) in [6, 6.07) is 22.9. The van der Waals surface area contributed by atoms with E-state index in [-0.39, 0.29) is 19.4 Å². The van der Waals surface area contributed by atoms with Gasteiger partial charge >= 0.3 is 0 Å². The molecular formula is C26H25N2O3. The van der Waals surface area contributed by atoms with Crippen LogP contribution in [0.3, 0.4) is 0 Å². The van der Waals surface area contributed by atoms with E-state index in [0.717, 1.165) is 16.7 Å². The number of nitrogens with one attached hydrogen (secondary N) is 1. The first-order valence-electron chi connectivity index (χ1n) is 10.1. The van der Waals surface area contributed by atoms with Crippen LogP contribution in [0, 0.1) is 0 Å². The van der Waals surface area contributed by atoms with Crippen LogP contribution in [0.2, 0.25) is 0 Å². The zero-order valence-corrected chi connectivity index (χ0v) is 17.2. The Morgan fingerprint density at radius 1 is 0.935 bits per heavy atom. The van der Waals surface area contributed by atoms with Crippen LogP contribution in [0.4, 0.5) is 0 Å². The molecule has 0 aliphatic heterocycles. The average molecular weight is 413 g/mol. The van der Waals surface area contributed by atoms with E-state index in [2.05, 4.69) is 10.5 Å². The van der Waals surface area contributed by atoms with Crippen LogP contribution >= 0.6 is 0 Å². The summed E-state index contributed by atoms with van der Waals surface area (Å²) in [5.41, 5.74) is 3.45. The molecule has 1 radical (unpaired) electrons. The Morgan fingerprint density at radius 3 is 2.26 bits per heavy atom. The van der Waals surface area contributed by atoms with Gasteiger partial charge in [-0.25, -0.2) is 10.6 Å². The van der Waals surface area contributed by atoms with Crippen LogP contribution in [0.5, 0.6) is 0 Å². The number of rotatable bonds is 10. The number of carbonyl (C=O) groups excluding carboxylic acids is 1. The highest BCUT2D eigenvalue weighted by Gasteiger charge is 2.30. The molecule has 1 heterocycles. The molecule has 0 aliphatic rings. The van der Waals surface area contributed by atoms with Crippen molar-refractivity contribution in [1.82, 2.24) is 10.5 Å². The smallest absolute Gasteiger partial charge is 0.246 e. The number of hydroxylamine groups is 1. The molecule has 3 rings (SSSR count). The van der Waals surface area contributed by atoms with Crippen molar-refractivity contribution < 1.29 is 14.7 Å².